The molecule has 2 aliphatic heterocycles. The van der Waals surface area contributed by atoms with Gasteiger partial charge in [0.1, 0.15) is 29.6 Å². The second-order valence-corrected chi connectivity index (χ2v) is 20.6. The number of halogens is 3. The highest BCUT2D eigenvalue weighted by Gasteiger charge is 2.66. The summed E-state index contributed by atoms with van der Waals surface area (Å²) in [6, 6.07) is 17.7. The highest BCUT2D eigenvalue weighted by molar-refractivity contribution is 7.60. The zero-order chi connectivity index (χ0) is 44.3. The molecule has 10 nitrogen and oxygen atoms in total. The Morgan fingerprint density at radius 1 is 0.984 bits per heavy atom. The number of benzene rings is 3. The van der Waals surface area contributed by atoms with Gasteiger partial charge in [-0.1, -0.05) is 54.1 Å². The van der Waals surface area contributed by atoms with E-state index in [0.717, 1.165) is 48.9 Å². The van der Waals surface area contributed by atoms with E-state index in [1.54, 1.807) is 13.0 Å². The number of aromatic nitrogens is 1. The van der Waals surface area contributed by atoms with Gasteiger partial charge >= 0.3 is 5.97 Å². The number of amides is 1. The van der Waals surface area contributed by atoms with Crippen LogP contribution in [0.5, 0.6) is 5.75 Å². The molecule has 63 heavy (non-hydrogen) atoms. The van der Waals surface area contributed by atoms with E-state index in [-0.39, 0.29) is 62.2 Å². The Labute approximate surface area is 372 Å². The first-order valence-electron chi connectivity index (χ1n) is 22.2. The molecule has 1 saturated heterocycles. The van der Waals surface area contributed by atoms with E-state index in [1.807, 2.05) is 55.5 Å². The van der Waals surface area contributed by atoms with E-state index in [9.17, 15) is 9.59 Å². The molecule has 3 heterocycles. The number of aryl methyl sites for hydroxylation is 1. The second kappa shape index (κ2) is 19.2. The molecular weight excluding hydrogens is 849 g/mol. The first-order chi connectivity index (χ1) is 30.4. The number of hydrogen-bond donors (Lipinski definition) is 0. The number of ether oxygens (including phenoxy) is 3. The van der Waals surface area contributed by atoms with Crippen molar-refractivity contribution >= 4 is 47.5 Å². The lowest BCUT2D eigenvalue weighted by atomic mass is 9.95. The minimum absolute atomic E-state index is 0.0206. The molecule has 0 bridgehead atoms. The van der Waals surface area contributed by atoms with E-state index in [4.69, 9.17) is 35.3 Å². The highest BCUT2D eigenvalue weighted by Crippen LogP contribution is 2.77. The van der Waals surface area contributed by atoms with Crippen LogP contribution in [0.25, 0.3) is 22.2 Å². The van der Waals surface area contributed by atoms with E-state index in [2.05, 4.69) is 0 Å². The molecule has 3 fully saturated rings. The number of pyridine rings is 1. The maximum Gasteiger partial charge on any atom is 0.306 e. The predicted octanol–water partition coefficient (Wildman–Crippen LogP) is 10.9. The third-order valence-electron chi connectivity index (χ3n) is 13.2. The minimum Gasteiger partial charge on any atom is -0.502 e. The quantitative estimate of drug-likeness (QED) is 0.107. The fourth-order valence-corrected chi connectivity index (χ4v) is 13.2. The molecule has 6 atom stereocenters. The van der Waals surface area contributed by atoms with Crippen LogP contribution < -0.4 is 4.74 Å². The Hall–Kier alpha value is -4.64. The number of fused-ring (bicyclic) bond motifs is 3. The Balaban J connectivity index is 1.16. The number of Topliss-reactive ketones (excluding diaryl/α,β-unsaturated/α-hetero) is 1. The normalized spacial score (nSPS) is 25.9. The standard InChI is InChI=1S/C49H54ClF2N2O8P/c1-3-60-63(58,30-38-39(51)17-11-18-40(38)52)49-27-34(49)21-23-59-22-10-9-14-33(24-45(56)62-35-15-7-8-16-35)48(57)54-29-36(25-42(54)43(55)28-49)61-44-26-41(32-12-5-4-6-13-32)53-47-37(44)20-19-31(2)46(47)50/h4-6,11-13,17-21,23,26,33-36,42H,3,7-10,14-16,22,24-25,27-30H2,1-2H3/b23-21-/t33-,34-,36-,42+,49-,63?/m1/s1. The van der Waals surface area contributed by atoms with Crippen LogP contribution in [0.2, 0.25) is 5.02 Å². The van der Waals surface area contributed by atoms with Gasteiger partial charge in [-0.2, -0.15) is 0 Å². The molecule has 1 unspecified atom stereocenters. The van der Waals surface area contributed by atoms with Crippen LogP contribution in [0, 0.1) is 30.4 Å². The molecule has 4 aromatic rings. The van der Waals surface area contributed by atoms with Crippen molar-refractivity contribution in [2.45, 2.75) is 114 Å². The molecule has 334 valence electrons. The van der Waals surface area contributed by atoms with Crippen molar-refractivity contribution in [2.24, 2.45) is 11.8 Å². The number of allylic oxidation sites excluding steroid dienone is 1. The summed E-state index contributed by atoms with van der Waals surface area (Å²) in [7, 11) is -4.04. The Morgan fingerprint density at radius 3 is 2.48 bits per heavy atom. The van der Waals surface area contributed by atoms with Crippen molar-refractivity contribution < 1.29 is 46.5 Å². The molecule has 14 heteroatoms. The smallest absolute Gasteiger partial charge is 0.306 e. The van der Waals surface area contributed by atoms with E-state index in [1.165, 1.54) is 17.2 Å². The van der Waals surface area contributed by atoms with Gasteiger partial charge in [-0.05, 0) is 101 Å². The van der Waals surface area contributed by atoms with Crippen molar-refractivity contribution in [3.05, 3.63) is 107 Å². The zero-order valence-corrected chi connectivity index (χ0v) is 37.4. The number of nitrogens with zero attached hydrogens (tertiary/aromatic N) is 2. The first-order valence-corrected chi connectivity index (χ1v) is 24.4. The van der Waals surface area contributed by atoms with E-state index < -0.39 is 60.3 Å². The van der Waals surface area contributed by atoms with Crippen molar-refractivity contribution in [3.63, 3.8) is 0 Å². The van der Waals surface area contributed by atoms with Crippen LogP contribution in [0.15, 0.2) is 79.1 Å². The van der Waals surface area contributed by atoms with Crippen LogP contribution in [-0.2, 0) is 39.1 Å². The fraction of sp³-hybridized carbons (Fsp3) is 0.469. The number of carbonyl (C=O) groups excluding carboxylic acids is 3. The van der Waals surface area contributed by atoms with Crippen LogP contribution in [0.1, 0.15) is 88.7 Å². The largest absolute Gasteiger partial charge is 0.502 e. The Kier molecular flexibility index (Phi) is 13.7. The van der Waals surface area contributed by atoms with Gasteiger partial charge in [-0.15, -0.1) is 0 Å². The summed E-state index contributed by atoms with van der Waals surface area (Å²) in [6.07, 6.45) is 6.81. The number of carbonyl (C=O) groups is 3. The lowest BCUT2D eigenvalue weighted by molar-refractivity contribution is -0.154. The van der Waals surface area contributed by atoms with Gasteiger partial charge in [0.25, 0.3) is 0 Å². The molecule has 3 aromatic carbocycles. The summed E-state index contributed by atoms with van der Waals surface area (Å²) >= 11 is 6.87. The summed E-state index contributed by atoms with van der Waals surface area (Å²) in [5.41, 5.74) is 2.49. The predicted molar refractivity (Wildman–Crippen MR) is 237 cm³/mol. The zero-order valence-electron chi connectivity index (χ0n) is 35.7. The van der Waals surface area contributed by atoms with Gasteiger partial charge in [-0.25, -0.2) is 13.8 Å². The topological polar surface area (TPSA) is 121 Å². The summed E-state index contributed by atoms with van der Waals surface area (Å²) < 4.78 is 70.3. The number of ketones is 1. The van der Waals surface area contributed by atoms with Gasteiger partial charge in [-0.3, -0.25) is 18.9 Å². The molecule has 4 aliphatic rings. The van der Waals surface area contributed by atoms with Gasteiger partial charge in [0.05, 0.1) is 66.0 Å². The number of hydrogen-bond acceptors (Lipinski definition) is 9. The number of rotatable bonds is 11. The first kappa shape index (κ1) is 44.9. The molecule has 8 rings (SSSR count). The van der Waals surface area contributed by atoms with E-state index in [0.29, 0.717) is 53.2 Å². The summed E-state index contributed by atoms with van der Waals surface area (Å²) in [5, 5.41) is -0.190. The average Bonchev–Trinajstić information content (AvgIpc) is 3.52. The Morgan fingerprint density at radius 2 is 1.73 bits per heavy atom. The fourth-order valence-electron chi connectivity index (χ4n) is 9.71. The SMILES string of the molecule is CCOP(=O)(Cc1c(F)cccc1F)[C@]12CC(=O)[C@@H]3C[C@@H](Oc4cc(-c5ccccc5)nc5c(Cl)c(C)ccc45)CN3C(=O)[C@@H](CC(=O)OC3CCCC3)CCCCO/C=C\[C@@H]1C2. The van der Waals surface area contributed by atoms with Gasteiger partial charge < -0.3 is 23.6 Å². The van der Waals surface area contributed by atoms with Gasteiger partial charge in [0, 0.05) is 41.3 Å². The molecule has 0 spiro atoms. The maximum absolute atomic E-state index is 15.3. The average molecular weight is 903 g/mol. The van der Waals surface area contributed by atoms with Crippen LogP contribution in [-0.4, -0.2) is 70.7 Å². The summed E-state index contributed by atoms with van der Waals surface area (Å²) in [6.45, 7) is 3.88. The van der Waals surface area contributed by atoms with Crippen molar-refractivity contribution in [2.75, 3.05) is 19.8 Å². The summed E-state index contributed by atoms with van der Waals surface area (Å²) in [5.74, 6) is -3.70. The third-order valence-corrected chi connectivity index (χ3v) is 17.1. The van der Waals surface area contributed by atoms with Crippen LogP contribution in [0.4, 0.5) is 8.78 Å². The van der Waals surface area contributed by atoms with Crippen LogP contribution >= 0.6 is 19.0 Å². The third kappa shape index (κ3) is 9.59. The van der Waals surface area contributed by atoms with Crippen LogP contribution in [0.3, 0.4) is 0 Å². The van der Waals surface area contributed by atoms with Gasteiger partial charge in [0.2, 0.25) is 13.3 Å². The lowest BCUT2D eigenvalue weighted by Crippen LogP contribution is -2.45. The molecule has 2 saturated carbocycles. The molecule has 1 amide bonds. The molecule has 0 radical (unpaired) electrons. The molecule has 1 aromatic heterocycles. The molecule has 2 aliphatic carbocycles. The lowest BCUT2D eigenvalue weighted by Gasteiger charge is -2.31. The van der Waals surface area contributed by atoms with E-state index >= 15 is 18.1 Å². The Bertz CT molecular complexity index is 2410. The monoisotopic (exact) mass is 902 g/mol. The highest BCUT2D eigenvalue weighted by atomic mass is 35.5. The van der Waals surface area contributed by atoms with Crippen molar-refractivity contribution in [3.8, 4) is 17.0 Å². The maximum atomic E-state index is 15.3. The van der Waals surface area contributed by atoms with Crippen molar-refractivity contribution in [1.82, 2.24) is 9.88 Å². The second-order valence-electron chi connectivity index (χ2n) is 17.4. The van der Waals surface area contributed by atoms with Gasteiger partial charge in [0.15, 0.2) is 5.78 Å². The molecular formula is C49H54ClF2N2O8P. The summed E-state index contributed by atoms with van der Waals surface area (Å²) in [4.78, 5) is 50.0. The number of esters is 1. The minimum atomic E-state index is -4.04. The molecule has 0 N–H and O–H groups in total. The van der Waals surface area contributed by atoms with Crippen molar-refractivity contribution in [1.29, 1.82) is 0 Å².